The quantitative estimate of drug-likeness (QED) is 0.586. The van der Waals surface area contributed by atoms with Gasteiger partial charge in [-0.1, -0.05) is 13.3 Å². The third-order valence-corrected chi connectivity index (χ3v) is 1.65. The first-order chi connectivity index (χ1) is 5.36. The van der Waals surface area contributed by atoms with Gasteiger partial charge in [-0.25, -0.2) is 13.5 Å². The van der Waals surface area contributed by atoms with Gasteiger partial charge >= 0.3 is 0 Å². The van der Waals surface area contributed by atoms with Crippen molar-refractivity contribution >= 4 is 0 Å². The number of hydrogen-bond acceptors (Lipinski definition) is 0. The molecule has 0 N–H and O–H groups in total. The molecular formula is C8H14FN2+. The normalized spacial score (nSPS) is 10.4. The SMILES string of the molecule is CCCCn1cc[n+](CF)c1. The Balaban J connectivity index is 2.44. The van der Waals surface area contributed by atoms with Gasteiger partial charge in [0.05, 0.1) is 6.54 Å². The van der Waals surface area contributed by atoms with Gasteiger partial charge in [0.15, 0.2) is 0 Å². The number of halogens is 1. The standard InChI is InChI=1S/C8H14FN2/c1-2-3-4-10-5-6-11(7-9)8-10/h5-6,8H,2-4,7H2,1H3/q+1. The van der Waals surface area contributed by atoms with Gasteiger partial charge in [-0.15, -0.1) is 0 Å². The summed E-state index contributed by atoms with van der Waals surface area (Å²) in [4.78, 5) is 0. The molecule has 0 saturated carbocycles. The minimum Gasteiger partial charge on any atom is -0.237 e. The summed E-state index contributed by atoms with van der Waals surface area (Å²) in [6.45, 7) is 2.70. The number of hydrogen-bond donors (Lipinski definition) is 0. The van der Waals surface area contributed by atoms with E-state index in [1.54, 1.807) is 12.5 Å². The first kappa shape index (κ1) is 8.24. The van der Waals surface area contributed by atoms with Crippen LogP contribution in [0, 0.1) is 0 Å². The van der Waals surface area contributed by atoms with Crippen LogP contribution in [0.15, 0.2) is 18.7 Å². The van der Waals surface area contributed by atoms with Gasteiger partial charge in [0.2, 0.25) is 13.1 Å². The zero-order valence-corrected chi connectivity index (χ0v) is 6.83. The average molecular weight is 157 g/mol. The molecule has 0 atom stereocenters. The van der Waals surface area contributed by atoms with Gasteiger partial charge in [-0.3, -0.25) is 0 Å². The molecule has 62 valence electrons. The van der Waals surface area contributed by atoms with Crippen LogP contribution in [0.5, 0.6) is 0 Å². The van der Waals surface area contributed by atoms with Crippen molar-refractivity contribution in [2.24, 2.45) is 0 Å². The maximum atomic E-state index is 12.0. The van der Waals surface area contributed by atoms with Crippen LogP contribution < -0.4 is 4.57 Å². The molecule has 0 radical (unpaired) electrons. The Hall–Kier alpha value is -0.860. The molecule has 0 bridgehead atoms. The molecule has 1 heterocycles. The van der Waals surface area contributed by atoms with E-state index in [0.717, 1.165) is 13.0 Å². The third-order valence-electron chi connectivity index (χ3n) is 1.65. The molecule has 0 saturated heterocycles. The fraction of sp³-hybridized carbons (Fsp3) is 0.625. The highest BCUT2D eigenvalue weighted by Crippen LogP contribution is 1.92. The largest absolute Gasteiger partial charge is 0.245 e. The fourth-order valence-corrected chi connectivity index (χ4v) is 0.982. The first-order valence-electron chi connectivity index (χ1n) is 3.97. The molecule has 0 fully saturated rings. The van der Waals surface area contributed by atoms with Crippen LogP contribution in [-0.2, 0) is 13.3 Å². The van der Waals surface area contributed by atoms with Crippen molar-refractivity contribution in [3.05, 3.63) is 18.7 Å². The smallest absolute Gasteiger partial charge is 0.237 e. The number of imidazole rings is 1. The van der Waals surface area contributed by atoms with Gasteiger partial charge < -0.3 is 0 Å². The number of unbranched alkanes of at least 4 members (excludes halogenated alkanes) is 1. The van der Waals surface area contributed by atoms with Crippen LogP contribution in [0.25, 0.3) is 0 Å². The lowest BCUT2D eigenvalue weighted by molar-refractivity contribution is -0.718. The molecule has 0 amide bonds. The van der Waals surface area contributed by atoms with E-state index >= 15 is 0 Å². The van der Waals surface area contributed by atoms with Crippen molar-refractivity contribution in [3.63, 3.8) is 0 Å². The summed E-state index contributed by atoms with van der Waals surface area (Å²) in [5, 5.41) is 0. The lowest BCUT2D eigenvalue weighted by atomic mass is 10.3. The predicted molar refractivity (Wildman–Crippen MR) is 40.6 cm³/mol. The number of alkyl halides is 1. The summed E-state index contributed by atoms with van der Waals surface area (Å²) < 4.78 is 15.5. The zero-order valence-electron chi connectivity index (χ0n) is 6.83. The van der Waals surface area contributed by atoms with E-state index in [1.165, 1.54) is 11.0 Å². The lowest BCUT2D eigenvalue weighted by Crippen LogP contribution is -2.28. The Morgan fingerprint density at radius 3 is 2.91 bits per heavy atom. The molecule has 3 heteroatoms. The number of nitrogens with zero attached hydrogens (tertiary/aromatic N) is 2. The summed E-state index contributed by atoms with van der Waals surface area (Å²) >= 11 is 0. The Labute approximate surface area is 66.3 Å². The molecule has 0 aliphatic carbocycles. The summed E-state index contributed by atoms with van der Waals surface area (Å²) in [5.41, 5.74) is 0. The van der Waals surface area contributed by atoms with E-state index in [2.05, 4.69) is 6.92 Å². The van der Waals surface area contributed by atoms with E-state index in [4.69, 9.17) is 0 Å². The minimum absolute atomic E-state index is 0.431. The van der Waals surface area contributed by atoms with Crippen LogP contribution in [0.4, 0.5) is 4.39 Å². The van der Waals surface area contributed by atoms with Crippen molar-refractivity contribution in [1.29, 1.82) is 0 Å². The van der Waals surface area contributed by atoms with Crippen LogP contribution >= 0.6 is 0 Å². The second kappa shape index (κ2) is 4.11. The zero-order chi connectivity index (χ0) is 8.10. The van der Waals surface area contributed by atoms with Crippen molar-refractivity contribution in [2.45, 2.75) is 33.1 Å². The van der Waals surface area contributed by atoms with Crippen LogP contribution in [-0.4, -0.2) is 4.57 Å². The second-order valence-corrected chi connectivity index (χ2v) is 2.64. The highest BCUT2D eigenvalue weighted by Gasteiger charge is 2.00. The molecule has 0 unspecified atom stereocenters. The molecule has 0 aliphatic heterocycles. The molecule has 1 aromatic heterocycles. The Kier molecular flexibility index (Phi) is 3.08. The molecule has 1 rings (SSSR count). The minimum atomic E-state index is -0.431. The van der Waals surface area contributed by atoms with Gasteiger partial charge in [0.25, 0.3) is 0 Å². The highest BCUT2D eigenvalue weighted by molar-refractivity contribution is 4.65. The summed E-state index contributed by atoms with van der Waals surface area (Å²) in [6, 6.07) is 0. The van der Waals surface area contributed by atoms with Crippen LogP contribution in [0.1, 0.15) is 19.8 Å². The Bertz CT molecular complexity index is 208. The molecule has 11 heavy (non-hydrogen) atoms. The molecule has 0 aliphatic rings. The fourth-order valence-electron chi connectivity index (χ4n) is 0.982. The third kappa shape index (κ3) is 2.33. The molecule has 0 spiro atoms. The second-order valence-electron chi connectivity index (χ2n) is 2.64. The maximum absolute atomic E-state index is 12.0. The molecule has 0 aromatic carbocycles. The molecule has 2 nitrogen and oxygen atoms in total. The van der Waals surface area contributed by atoms with E-state index in [-0.39, 0.29) is 0 Å². The van der Waals surface area contributed by atoms with Crippen LogP contribution in [0.3, 0.4) is 0 Å². The first-order valence-corrected chi connectivity index (χ1v) is 3.97. The number of aryl methyl sites for hydroxylation is 1. The summed E-state index contributed by atoms with van der Waals surface area (Å²) in [7, 11) is 0. The maximum Gasteiger partial charge on any atom is 0.245 e. The van der Waals surface area contributed by atoms with Crippen LogP contribution in [0.2, 0.25) is 0 Å². The van der Waals surface area contributed by atoms with E-state index in [9.17, 15) is 4.39 Å². The monoisotopic (exact) mass is 157 g/mol. The van der Waals surface area contributed by atoms with Gasteiger partial charge in [0.1, 0.15) is 12.4 Å². The van der Waals surface area contributed by atoms with Gasteiger partial charge in [-0.05, 0) is 6.42 Å². The highest BCUT2D eigenvalue weighted by atomic mass is 19.1. The predicted octanol–water partition coefficient (Wildman–Crippen LogP) is 1.50. The van der Waals surface area contributed by atoms with E-state index in [0.29, 0.717) is 0 Å². The van der Waals surface area contributed by atoms with Crippen molar-refractivity contribution in [1.82, 2.24) is 4.57 Å². The van der Waals surface area contributed by atoms with Gasteiger partial charge in [0, 0.05) is 0 Å². The van der Waals surface area contributed by atoms with Crippen molar-refractivity contribution in [2.75, 3.05) is 0 Å². The summed E-state index contributed by atoms with van der Waals surface area (Å²) in [6.07, 6.45) is 7.76. The lowest BCUT2D eigenvalue weighted by Gasteiger charge is -1.90. The Morgan fingerprint density at radius 2 is 2.36 bits per heavy atom. The molecular weight excluding hydrogens is 143 g/mol. The number of aromatic nitrogens is 2. The van der Waals surface area contributed by atoms with Gasteiger partial charge in [-0.2, -0.15) is 0 Å². The topological polar surface area (TPSA) is 8.81 Å². The average Bonchev–Trinajstić information content (AvgIpc) is 2.48. The van der Waals surface area contributed by atoms with Crippen molar-refractivity contribution < 1.29 is 8.96 Å². The van der Waals surface area contributed by atoms with Crippen molar-refractivity contribution in [3.8, 4) is 0 Å². The number of rotatable bonds is 4. The molecule has 1 aromatic rings. The summed E-state index contributed by atoms with van der Waals surface area (Å²) in [5.74, 6) is 0. The Morgan fingerprint density at radius 1 is 1.55 bits per heavy atom. The van der Waals surface area contributed by atoms with E-state index in [1.807, 2.05) is 10.8 Å². The van der Waals surface area contributed by atoms with E-state index < -0.39 is 6.80 Å².